The van der Waals surface area contributed by atoms with Gasteiger partial charge in [-0.3, -0.25) is 4.79 Å². The van der Waals surface area contributed by atoms with Crippen LogP contribution >= 0.6 is 0 Å². The normalized spacial score (nSPS) is 16.5. The molecule has 1 fully saturated rings. The first-order valence-electron chi connectivity index (χ1n) is 9.04. The van der Waals surface area contributed by atoms with Gasteiger partial charge in [0.1, 0.15) is 0 Å². The quantitative estimate of drug-likeness (QED) is 0.703. The van der Waals surface area contributed by atoms with Crippen molar-refractivity contribution in [2.75, 3.05) is 20.1 Å². The predicted octanol–water partition coefficient (Wildman–Crippen LogP) is 4.39. The molecule has 0 amide bonds. The minimum Gasteiger partial charge on any atom is -0.472 e. The van der Waals surface area contributed by atoms with Gasteiger partial charge in [-0.2, -0.15) is 0 Å². The topological polar surface area (TPSA) is 49.2 Å². The van der Waals surface area contributed by atoms with Crippen LogP contribution < -0.4 is 0 Å². The summed E-state index contributed by atoms with van der Waals surface area (Å²) in [4.78, 5) is 18.4. The van der Waals surface area contributed by atoms with Gasteiger partial charge in [0.25, 0.3) is 0 Å². The zero-order chi connectivity index (χ0) is 17.2. The molecule has 1 aromatic carbocycles. The standard InChI is InChI=1S/C21H24N2O2/c1-23-9-6-16(7-10-23)19-13-22-20-4-3-17(12-18(19)20)21(24)5-2-15-8-11-25-14-15/h3-4,8,11-14,16,22H,2,5-7,9-10H2,1H3. The van der Waals surface area contributed by atoms with Gasteiger partial charge in [-0.15, -0.1) is 0 Å². The number of ketones is 1. The number of carbonyl (C=O) groups excluding carboxylic acids is 1. The first kappa shape index (κ1) is 16.2. The van der Waals surface area contributed by atoms with E-state index in [9.17, 15) is 4.79 Å². The highest BCUT2D eigenvalue weighted by molar-refractivity contribution is 6.00. The fourth-order valence-electron chi connectivity index (χ4n) is 3.81. The first-order chi connectivity index (χ1) is 12.2. The summed E-state index contributed by atoms with van der Waals surface area (Å²) in [7, 11) is 2.18. The first-order valence-corrected chi connectivity index (χ1v) is 9.04. The molecule has 4 heteroatoms. The number of H-pyrrole nitrogens is 1. The number of carbonyl (C=O) groups is 1. The SMILES string of the molecule is CN1CCC(c2c[nH]c3ccc(C(=O)CCc4ccoc4)cc23)CC1. The summed E-state index contributed by atoms with van der Waals surface area (Å²) in [5, 5.41) is 1.21. The number of Topliss-reactive ketones (excluding diaryl/α,β-unsaturated/α-hetero) is 1. The van der Waals surface area contributed by atoms with E-state index in [4.69, 9.17) is 4.42 Å². The molecule has 0 atom stereocenters. The largest absolute Gasteiger partial charge is 0.472 e. The molecule has 25 heavy (non-hydrogen) atoms. The number of benzene rings is 1. The van der Waals surface area contributed by atoms with E-state index in [2.05, 4.69) is 29.2 Å². The van der Waals surface area contributed by atoms with E-state index in [-0.39, 0.29) is 5.78 Å². The number of rotatable bonds is 5. The van der Waals surface area contributed by atoms with Crippen molar-refractivity contribution in [3.8, 4) is 0 Å². The molecule has 3 heterocycles. The number of aryl methyl sites for hydroxylation is 1. The van der Waals surface area contributed by atoms with E-state index in [0.717, 1.165) is 36.2 Å². The van der Waals surface area contributed by atoms with E-state index in [0.29, 0.717) is 12.3 Å². The molecule has 4 rings (SSSR count). The Kier molecular flexibility index (Phi) is 4.45. The number of nitrogens with zero attached hydrogens (tertiary/aromatic N) is 1. The van der Waals surface area contributed by atoms with Crippen molar-refractivity contribution in [1.29, 1.82) is 0 Å². The highest BCUT2D eigenvalue weighted by Gasteiger charge is 2.21. The smallest absolute Gasteiger partial charge is 0.163 e. The Bertz CT molecular complexity index is 855. The molecular weight excluding hydrogens is 312 g/mol. The molecule has 0 aliphatic carbocycles. The number of likely N-dealkylation sites (tertiary alicyclic amines) is 1. The summed E-state index contributed by atoms with van der Waals surface area (Å²) in [5.74, 6) is 0.778. The average molecular weight is 336 g/mol. The predicted molar refractivity (Wildman–Crippen MR) is 99.1 cm³/mol. The van der Waals surface area contributed by atoms with Crippen molar-refractivity contribution in [3.05, 3.63) is 59.7 Å². The Morgan fingerprint density at radius 3 is 2.88 bits per heavy atom. The zero-order valence-corrected chi connectivity index (χ0v) is 14.6. The Morgan fingerprint density at radius 1 is 1.28 bits per heavy atom. The maximum absolute atomic E-state index is 12.6. The number of hydrogen-bond acceptors (Lipinski definition) is 3. The molecule has 1 aliphatic heterocycles. The van der Waals surface area contributed by atoms with Crippen molar-refractivity contribution < 1.29 is 9.21 Å². The van der Waals surface area contributed by atoms with Gasteiger partial charge < -0.3 is 14.3 Å². The lowest BCUT2D eigenvalue weighted by atomic mass is 9.89. The van der Waals surface area contributed by atoms with Crippen LogP contribution in [0.1, 0.15) is 46.7 Å². The maximum Gasteiger partial charge on any atom is 0.163 e. The number of hydrogen-bond donors (Lipinski definition) is 1. The highest BCUT2D eigenvalue weighted by atomic mass is 16.3. The van der Waals surface area contributed by atoms with Gasteiger partial charge in [-0.1, -0.05) is 0 Å². The summed E-state index contributed by atoms with van der Waals surface area (Å²) >= 11 is 0. The monoisotopic (exact) mass is 336 g/mol. The molecule has 130 valence electrons. The van der Waals surface area contributed by atoms with Crippen LogP contribution in [-0.4, -0.2) is 35.8 Å². The summed E-state index contributed by atoms with van der Waals surface area (Å²) in [5.41, 5.74) is 4.38. The third kappa shape index (κ3) is 3.40. The van der Waals surface area contributed by atoms with Gasteiger partial charge in [0.05, 0.1) is 12.5 Å². The molecule has 0 spiro atoms. The van der Waals surface area contributed by atoms with Crippen LogP contribution in [0, 0.1) is 0 Å². The lowest BCUT2D eigenvalue weighted by Crippen LogP contribution is -2.29. The second-order valence-corrected chi connectivity index (χ2v) is 7.14. The molecule has 4 nitrogen and oxygen atoms in total. The zero-order valence-electron chi connectivity index (χ0n) is 14.6. The summed E-state index contributed by atoms with van der Waals surface area (Å²) < 4.78 is 5.07. The number of piperidine rings is 1. The van der Waals surface area contributed by atoms with Crippen molar-refractivity contribution in [2.24, 2.45) is 0 Å². The highest BCUT2D eigenvalue weighted by Crippen LogP contribution is 2.33. The van der Waals surface area contributed by atoms with Crippen LogP contribution in [0.25, 0.3) is 10.9 Å². The van der Waals surface area contributed by atoms with Crippen molar-refractivity contribution >= 4 is 16.7 Å². The third-order valence-corrected chi connectivity index (χ3v) is 5.41. The molecule has 1 aliphatic rings. The maximum atomic E-state index is 12.6. The summed E-state index contributed by atoms with van der Waals surface area (Å²) in [6.07, 6.45) is 9.10. The molecule has 0 saturated carbocycles. The van der Waals surface area contributed by atoms with E-state index >= 15 is 0 Å². The second kappa shape index (κ2) is 6.89. The molecule has 1 saturated heterocycles. The Morgan fingerprint density at radius 2 is 2.12 bits per heavy atom. The molecule has 0 unspecified atom stereocenters. The number of furan rings is 1. The summed E-state index contributed by atoms with van der Waals surface area (Å²) in [6, 6.07) is 7.98. The Balaban J connectivity index is 1.54. The molecular formula is C21H24N2O2. The lowest BCUT2D eigenvalue weighted by molar-refractivity contribution is 0.0983. The minimum absolute atomic E-state index is 0.193. The van der Waals surface area contributed by atoms with Gasteiger partial charge >= 0.3 is 0 Å². The molecule has 2 aromatic heterocycles. The third-order valence-electron chi connectivity index (χ3n) is 5.41. The van der Waals surface area contributed by atoms with E-state index in [1.54, 1.807) is 12.5 Å². The molecule has 1 N–H and O–H groups in total. The van der Waals surface area contributed by atoms with E-state index in [1.165, 1.54) is 23.8 Å². The van der Waals surface area contributed by atoms with Crippen LogP contribution in [-0.2, 0) is 6.42 Å². The van der Waals surface area contributed by atoms with Crippen LogP contribution in [0.15, 0.2) is 47.4 Å². The number of nitrogens with one attached hydrogen (secondary N) is 1. The van der Waals surface area contributed by atoms with E-state index < -0.39 is 0 Å². The van der Waals surface area contributed by atoms with Crippen LogP contribution in [0.5, 0.6) is 0 Å². The van der Waals surface area contributed by atoms with Crippen LogP contribution in [0.2, 0.25) is 0 Å². The van der Waals surface area contributed by atoms with Crippen LogP contribution in [0.3, 0.4) is 0 Å². The van der Waals surface area contributed by atoms with Gasteiger partial charge in [0, 0.05) is 29.1 Å². The van der Waals surface area contributed by atoms with Crippen molar-refractivity contribution in [1.82, 2.24) is 9.88 Å². The van der Waals surface area contributed by atoms with E-state index in [1.807, 2.05) is 18.2 Å². The lowest BCUT2D eigenvalue weighted by Gasteiger charge is -2.28. The Hall–Kier alpha value is -2.33. The second-order valence-electron chi connectivity index (χ2n) is 7.14. The average Bonchev–Trinajstić information content (AvgIpc) is 3.29. The van der Waals surface area contributed by atoms with Gasteiger partial charge in [-0.25, -0.2) is 0 Å². The summed E-state index contributed by atoms with van der Waals surface area (Å²) in [6.45, 7) is 2.28. The van der Waals surface area contributed by atoms with Gasteiger partial charge in [0.15, 0.2) is 5.78 Å². The van der Waals surface area contributed by atoms with Crippen molar-refractivity contribution in [2.45, 2.75) is 31.6 Å². The fourth-order valence-corrected chi connectivity index (χ4v) is 3.81. The number of fused-ring (bicyclic) bond motifs is 1. The van der Waals surface area contributed by atoms with Gasteiger partial charge in [-0.05, 0) is 80.7 Å². The molecule has 0 radical (unpaired) electrons. The van der Waals surface area contributed by atoms with Crippen LogP contribution in [0.4, 0.5) is 0 Å². The fraction of sp³-hybridized carbons (Fsp3) is 0.381. The van der Waals surface area contributed by atoms with Crippen molar-refractivity contribution in [3.63, 3.8) is 0 Å². The molecule has 0 bridgehead atoms. The number of aromatic nitrogens is 1. The molecule has 3 aromatic rings. The Labute approximate surface area is 147 Å². The van der Waals surface area contributed by atoms with Gasteiger partial charge in [0.2, 0.25) is 0 Å². The number of aromatic amines is 1. The minimum atomic E-state index is 0.193.